The molecule has 3 N–H and O–H groups in total. The lowest BCUT2D eigenvalue weighted by Crippen LogP contribution is -1.92. The van der Waals surface area contributed by atoms with Gasteiger partial charge in [0, 0.05) is 9.13 Å². The molecule has 0 radical (unpaired) electrons. The lowest BCUT2D eigenvalue weighted by molar-refractivity contribution is 0.927. The summed E-state index contributed by atoms with van der Waals surface area (Å²) < 4.78 is 1.23. The Hall–Kier alpha value is -1.04. The van der Waals surface area contributed by atoms with Crippen LogP contribution in [0.5, 0.6) is 0 Å². The van der Waals surface area contributed by atoms with E-state index in [1.54, 1.807) is 0 Å². The predicted molar refractivity (Wildman–Crippen MR) is 75.1 cm³/mol. The third-order valence-corrected chi connectivity index (χ3v) is 3.25. The minimum Gasteiger partial charge on any atom is -0.382 e. The van der Waals surface area contributed by atoms with E-state index < -0.39 is 0 Å². The van der Waals surface area contributed by atoms with Crippen LogP contribution in [0.3, 0.4) is 0 Å². The first kappa shape index (κ1) is 11.4. The fourth-order valence-electron chi connectivity index (χ4n) is 1.74. The Labute approximate surface area is 109 Å². The Morgan fingerprint density at radius 2 is 2.00 bits per heavy atom. The Morgan fingerprint density at radius 3 is 2.62 bits per heavy atom. The van der Waals surface area contributed by atoms with Gasteiger partial charge in [-0.1, -0.05) is 25.5 Å². The molecule has 16 heavy (non-hydrogen) atoms. The van der Waals surface area contributed by atoms with E-state index >= 15 is 0 Å². The second kappa shape index (κ2) is 4.86. The average Bonchev–Trinajstić information content (AvgIpc) is 2.63. The van der Waals surface area contributed by atoms with Gasteiger partial charge in [-0.3, -0.25) is 5.10 Å². The Kier molecular flexibility index (Phi) is 3.48. The molecular weight excluding hydrogens is 313 g/mol. The van der Waals surface area contributed by atoms with E-state index in [0.717, 1.165) is 29.7 Å². The summed E-state index contributed by atoms with van der Waals surface area (Å²) >= 11 is 2.30. The molecule has 0 fully saturated rings. The number of halogens is 1. The van der Waals surface area contributed by atoms with Gasteiger partial charge in [-0.15, -0.1) is 0 Å². The number of aromatic amines is 1. The van der Waals surface area contributed by atoms with E-state index in [-0.39, 0.29) is 0 Å². The molecule has 1 aromatic heterocycles. The zero-order valence-electron chi connectivity index (χ0n) is 9.13. The standard InChI is InChI=1S/C12H14IN3/c1-2-3-10-11(15-16-12(10)14)8-4-6-9(13)7-5-8/h4-7H,2-3H2,1H3,(H3,14,15,16). The quantitative estimate of drug-likeness (QED) is 0.851. The number of benzene rings is 1. The first-order valence-electron chi connectivity index (χ1n) is 5.31. The highest BCUT2D eigenvalue weighted by Crippen LogP contribution is 2.26. The summed E-state index contributed by atoms with van der Waals surface area (Å²) in [4.78, 5) is 0. The maximum atomic E-state index is 5.85. The zero-order valence-corrected chi connectivity index (χ0v) is 11.3. The Balaban J connectivity index is 2.43. The van der Waals surface area contributed by atoms with Crippen LogP contribution >= 0.6 is 22.6 Å². The van der Waals surface area contributed by atoms with Crippen molar-refractivity contribution in [2.45, 2.75) is 19.8 Å². The molecule has 0 unspecified atom stereocenters. The van der Waals surface area contributed by atoms with Gasteiger partial charge in [-0.2, -0.15) is 5.10 Å². The first-order chi connectivity index (χ1) is 7.72. The Morgan fingerprint density at radius 1 is 1.31 bits per heavy atom. The van der Waals surface area contributed by atoms with Gasteiger partial charge in [0.15, 0.2) is 0 Å². The molecule has 0 aliphatic rings. The normalized spacial score (nSPS) is 10.6. The number of hydrogen-bond acceptors (Lipinski definition) is 2. The highest BCUT2D eigenvalue weighted by molar-refractivity contribution is 14.1. The number of nitrogens with two attached hydrogens (primary N) is 1. The lowest BCUT2D eigenvalue weighted by atomic mass is 10.0. The number of nitrogens with zero attached hydrogens (tertiary/aromatic N) is 1. The number of rotatable bonds is 3. The van der Waals surface area contributed by atoms with Crippen molar-refractivity contribution in [3.8, 4) is 11.3 Å². The van der Waals surface area contributed by atoms with Gasteiger partial charge in [-0.25, -0.2) is 0 Å². The fourth-order valence-corrected chi connectivity index (χ4v) is 2.10. The third kappa shape index (κ3) is 2.21. The monoisotopic (exact) mass is 327 g/mol. The molecule has 3 nitrogen and oxygen atoms in total. The average molecular weight is 327 g/mol. The molecule has 0 aliphatic carbocycles. The van der Waals surface area contributed by atoms with Crippen LogP contribution < -0.4 is 5.73 Å². The van der Waals surface area contributed by atoms with E-state index in [1.165, 1.54) is 3.57 Å². The molecule has 2 rings (SSSR count). The van der Waals surface area contributed by atoms with Crippen molar-refractivity contribution in [3.05, 3.63) is 33.4 Å². The van der Waals surface area contributed by atoms with Crippen molar-refractivity contribution in [2.75, 3.05) is 5.73 Å². The second-order valence-electron chi connectivity index (χ2n) is 3.72. The van der Waals surface area contributed by atoms with Crippen LogP contribution in [-0.4, -0.2) is 10.2 Å². The van der Waals surface area contributed by atoms with E-state index in [9.17, 15) is 0 Å². The summed E-state index contributed by atoms with van der Waals surface area (Å²) in [5.74, 6) is 0.621. The number of hydrogen-bond donors (Lipinski definition) is 2. The minimum atomic E-state index is 0.621. The highest BCUT2D eigenvalue weighted by Gasteiger charge is 2.11. The molecule has 0 saturated carbocycles. The maximum absolute atomic E-state index is 5.85. The number of H-pyrrole nitrogens is 1. The topological polar surface area (TPSA) is 54.7 Å². The molecule has 0 spiro atoms. The van der Waals surface area contributed by atoms with Crippen molar-refractivity contribution < 1.29 is 0 Å². The molecule has 0 saturated heterocycles. The second-order valence-corrected chi connectivity index (χ2v) is 4.96. The third-order valence-electron chi connectivity index (χ3n) is 2.53. The summed E-state index contributed by atoms with van der Waals surface area (Å²) in [7, 11) is 0. The number of nitrogen functional groups attached to an aromatic ring is 1. The zero-order chi connectivity index (χ0) is 11.5. The SMILES string of the molecule is CCCc1c(N)n[nH]c1-c1ccc(I)cc1. The van der Waals surface area contributed by atoms with E-state index in [1.807, 2.05) is 0 Å². The Bertz CT molecular complexity index is 474. The molecule has 1 heterocycles. The van der Waals surface area contributed by atoms with Crippen LogP contribution in [0.4, 0.5) is 5.82 Å². The van der Waals surface area contributed by atoms with Gasteiger partial charge in [0.05, 0.1) is 5.69 Å². The van der Waals surface area contributed by atoms with E-state index in [0.29, 0.717) is 5.82 Å². The van der Waals surface area contributed by atoms with Crippen molar-refractivity contribution in [2.24, 2.45) is 0 Å². The molecule has 0 atom stereocenters. The summed E-state index contributed by atoms with van der Waals surface area (Å²) in [5.41, 5.74) is 9.18. The van der Waals surface area contributed by atoms with Crippen LogP contribution in [0.15, 0.2) is 24.3 Å². The van der Waals surface area contributed by atoms with E-state index in [4.69, 9.17) is 5.73 Å². The summed E-state index contributed by atoms with van der Waals surface area (Å²) in [5, 5.41) is 7.10. The summed E-state index contributed by atoms with van der Waals surface area (Å²) in [6, 6.07) is 8.35. The van der Waals surface area contributed by atoms with Crippen molar-refractivity contribution in [1.29, 1.82) is 0 Å². The van der Waals surface area contributed by atoms with Crippen molar-refractivity contribution in [3.63, 3.8) is 0 Å². The van der Waals surface area contributed by atoms with Gasteiger partial charge >= 0.3 is 0 Å². The number of aromatic nitrogens is 2. The first-order valence-corrected chi connectivity index (χ1v) is 6.39. The minimum absolute atomic E-state index is 0.621. The van der Waals surface area contributed by atoms with Crippen molar-refractivity contribution in [1.82, 2.24) is 10.2 Å². The lowest BCUT2D eigenvalue weighted by Gasteiger charge is -2.03. The van der Waals surface area contributed by atoms with Crippen LogP contribution in [0, 0.1) is 3.57 Å². The molecule has 0 amide bonds. The number of anilines is 1. The van der Waals surface area contributed by atoms with Crippen molar-refractivity contribution >= 4 is 28.4 Å². The number of nitrogens with one attached hydrogen (secondary N) is 1. The predicted octanol–water partition coefficient (Wildman–Crippen LogP) is 3.22. The maximum Gasteiger partial charge on any atom is 0.149 e. The fraction of sp³-hybridized carbons (Fsp3) is 0.250. The molecule has 1 aromatic carbocycles. The molecule has 84 valence electrons. The highest BCUT2D eigenvalue weighted by atomic mass is 127. The van der Waals surface area contributed by atoms with Gasteiger partial charge < -0.3 is 5.73 Å². The molecular formula is C12H14IN3. The van der Waals surface area contributed by atoms with Gasteiger partial charge in [0.2, 0.25) is 0 Å². The van der Waals surface area contributed by atoms with Crippen LogP contribution in [-0.2, 0) is 6.42 Å². The van der Waals surface area contributed by atoms with Crippen LogP contribution in [0.25, 0.3) is 11.3 Å². The van der Waals surface area contributed by atoms with Gasteiger partial charge in [0.25, 0.3) is 0 Å². The van der Waals surface area contributed by atoms with Crippen LogP contribution in [0.2, 0.25) is 0 Å². The molecule has 0 bridgehead atoms. The summed E-state index contributed by atoms with van der Waals surface area (Å²) in [6.07, 6.45) is 2.03. The molecule has 2 aromatic rings. The summed E-state index contributed by atoms with van der Waals surface area (Å²) in [6.45, 7) is 2.14. The van der Waals surface area contributed by atoms with Gasteiger partial charge in [0.1, 0.15) is 5.82 Å². The van der Waals surface area contributed by atoms with E-state index in [2.05, 4.69) is 64.0 Å². The molecule has 4 heteroatoms. The molecule has 0 aliphatic heterocycles. The van der Waals surface area contributed by atoms with Crippen LogP contribution in [0.1, 0.15) is 18.9 Å². The smallest absolute Gasteiger partial charge is 0.149 e. The largest absolute Gasteiger partial charge is 0.382 e. The van der Waals surface area contributed by atoms with Gasteiger partial charge in [-0.05, 0) is 46.7 Å².